The van der Waals surface area contributed by atoms with E-state index < -0.39 is 24.1 Å². The van der Waals surface area contributed by atoms with Crippen LogP contribution in [-0.2, 0) is 4.79 Å². The van der Waals surface area contributed by atoms with Crippen molar-refractivity contribution in [2.75, 3.05) is 11.9 Å². The number of carboxylic acids is 1. The lowest BCUT2D eigenvalue weighted by Crippen LogP contribution is -2.47. The van der Waals surface area contributed by atoms with Crippen LogP contribution in [0.2, 0.25) is 0 Å². The Kier molecular flexibility index (Phi) is 5.15. The van der Waals surface area contributed by atoms with Crippen molar-refractivity contribution in [3.63, 3.8) is 0 Å². The van der Waals surface area contributed by atoms with Crippen molar-refractivity contribution in [1.29, 1.82) is 0 Å². The minimum Gasteiger partial charge on any atom is -0.479 e. The molecule has 1 heterocycles. The molecule has 0 saturated heterocycles. The fraction of sp³-hybridized carbons (Fsp3) is 0.333. The molecule has 1 unspecified atom stereocenters. The van der Waals surface area contributed by atoms with Crippen LogP contribution in [-0.4, -0.2) is 44.6 Å². The van der Waals surface area contributed by atoms with Gasteiger partial charge in [0.1, 0.15) is 5.01 Å². The summed E-state index contributed by atoms with van der Waals surface area (Å²) in [5.41, 5.74) is 1.07. The number of aromatic nitrogens is 2. The fourth-order valence-electron chi connectivity index (χ4n) is 1.96. The molecule has 0 aliphatic heterocycles. The second-order valence-corrected chi connectivity index (χ2v) is 6.65. The number of urea groups is 1. The first-order valence-electron chi connectivity index (χ1n) is 7.10. The first kappa shape index (κ1) is 17.8. The molecule has 24 heavy (non-hydrogen) atoms. The van der Waals surface area contributed by atoms with Crippen LogP contribution >= 0.6 is 11.3 Å². The van der Waals surface area contributed by atoms with Crippen LogP contribution < -0.4 is 10.6 Å². The molecule has 1 atom stereocenters. The number of aliphatic carboxylic acids is 1. The molecule has 0 aliphatic carbocycles. The summed E-state index contributed by atoms with van der Waals surface area (Å²) in [4.78, 5) is 22.5. The number of carbonyl (C=O) groups excluding carboxylic acids is 1. The Balaban J connectivity index is 2.01. The number of carbonyl (C=O) groups is 2. The van der Waals surface area contributed by atoms with E-state index in [1.165, 1.54) is 11.3 Å². The van der Waals surface area contributed by atoms with Gasteiger partial charge in [-0.05, 0) is 32.9 Å². The summed E-state index contributed by atoms with van der Waals surface area (Å²) in [6.45, 7) is 4.63. The maximum atomic E-state index is 11.7. The van der Waals surface area contributed by atoms with Gasteiger partial charge in [0.05, 0.1) is 6.54 Å². The molecule has 9 heteroatoms. The molecule has 0 aliphatic rings. The van der Waals surface area contributed by atoms with Gasteiger partial charge in [0.15, 0.2) is 5.60 Å². The van der Waals surface area contributed by atoms with Crippen LogP contribution in [0.3, 0.4) is 0 Å². The van der Waals surface area contributed by atoms with Gasteiger partial charge in [-0.1, -0.05) is 28.5 Å². The lowest BCUT2D eigenvalue weighted by molar-refractivity contribution is -0.155. The summed E-state index contributed by atoms with van der Waals surface area (Å²) < 4.78 is 0. The van der Waals surface area contributed by atoms with Gasteiger partial charge in [-0.3, -0.25) is 5.32 Å². The average Bonchev–Trinajstić information content (AvgIpc) is 2.92. The lowest BCUT2D eigenvalue weighted by atomic mass is 10.1. The zero-order valence-corrected chi connectivity index (χ0v) is 14.3. The molecule has 0 bridgehead atoms. The van der Waals surface area contributed by atoms with E-state index in [4.69, 9.17) is 5.11 Å². The van der Waals surface area contributed by atoms with Crippen molar-refractivity contribution in [3.05, 3.63) is 29.3 Å². The van der Waals surface area contributed by atoms with Gasteiger partial charge in [0.25, 0.3) is 0 Å². The first-order chi connectivity index (χ1) is 11.2. The quantitative estimate of drug-likeness (QED) is 0.651. The summed E-state index contributed by atoms with van der Waals surface area (Å²) >= 11 is 1.20. The summed E-state index contributed by atoms with van der Waals surface area (Å²) in [6.07, 6.45) is 0. The van der Waals surface area contributed by atoms with E-state index in [9.17, 15) is 14.7 Å². The first-order valence-corrected chi connectivity index (χ1v) is 7.92. The summed E-state index contributed by atoms with van der Waals surface area (Å²) in [6, 6.07) is 5.33. The van der Waals surface area contributed by atoms with Gasteiger partial charge >= 0.3 is 12.0 Å². The normalized spacial score (nSPS) is 13.2. The number of hydrogen-bond acceptors (Lipinski definition) is 6. The van der Waals surface area contributed by atoms with Crippen molar-refractivity contribution in [2.45, 2.75) is 26.4 Å². The molecule has 0 saturated carbocycles. The predicted molar refractivity (Wildman–Crippen MR) is 90.1 cm³/mol. The van der Waals surface area contributed by atoms with Crippen LogP contribution in [0.5, 0.6) is 0 Å². The van der Waals surface area contributed by atoms with Gasteiger partial charge < -0.3 is 15.5 Å². The highest BCUT2D eigenvalue weighted by Crippen LogP contribution is 2.27. The van der Waals surface area contributed by atoms with Gasteiger partial charge in [0, 0.05) is 5.56 Å². The number of benzene rings is 1. The molecule has 0 spiro atoms. The Morgan fingerprint density at radius 3 is 2.42 bits per heavy atom. The smallest absolute Gasteiger partial charge is 0.337 e. The number of rotatable bonds is 5. The van der Waals surface area contributed by atoms with E-state index in [-0.39, 0.29) is 5.13 Å². The molecule has 1 aromatic heterocycles. The van der Waals surface area contributed by atoms with E-state index in [0.717, 1.165) is 23.6 Å². The van der Waals surface area contributed by atoms with Gasteiger partial charge in [-0.25, -0.2) is 9.59 Å². The number of aryl methyl sites for hydroxylation is 2. The highest BCUT2D eigenvalue weighted by molar-refractivity contribution is 7.18. The molecule has 2 amide bonds. The Morgan fingerprint density at radius 2 is 1.83 bits per heavy atom. The van der Waals surface area contributed by atoms with E-state index in [0.29, 0.717) is 5.01 Å². The number of aliphatic hydroxyl groups is 1. The summed E-state index contributed by atoms with van der Waals surface area (Å²) in [7, 11) is 0. The number of anilines is 1. The highest BCUT2D eigenvalue weighted by Gasteiger charge is 2.30. The molecule has 128 valence electrons. The number of amides is 2. The maximum absolute atomic E-state index is 11.7. The molecule has 1 aromatic carbocycles. The summed E-state index contributed by atoms with van der Waals surface area (Å²) in [5, 5.41) is 31.9. The highest BCUT2D eigenvalue weighted by atomic mass is 32.1. The molecular weight excluding hydrogens is 332 g/mol. The monoisotopic (exact) mass is 350 g/mol. The third-order valence-electron chi connectivity index (χ3n) is 3.17. The molecule has 0 fully saturated rings. The third-order valence-corrected chi connectivity index (χ3v) is 4.06. The van der Waals surface area contributed by atoms with Gasteiger partial charge in [-0.15, -0.1) is 10.2 Å². The number of nitrogens with zero attached hydrogens (tertiary/aromatic N) is 2. The van der Waals surface area contributed by atoms with Crippen molar-refractivity contribution < 1.29 is 19.8 Å². The van der Waals surface area contributed by atoms with E-state index in [1.807, 2.05) is 32.0 Å². The summed E-state index contributed by atoms with van der Waals surface area (Å²) in [5.74, 6) is -1.42. The van der Waals surface area contributed by atoms with Crippen molar-refractivity contribution in [2.24, 2.45) is 0 Å². The van der Waals surface area contributed by atoms with Crippen LogP contribution in [0.4, 0.5) is 9.93 Å². The molecular formula is C15H18N4O4S. The number of hydrogen-bond donors (Lipinski definition) is 4. The van der Waals surface area contributed by atoms with Crippen molar-refractivity contribution in [1.82, 2.24) is 15.5 Å². The Labute approximate surface area is 142 Å². The Hall–Kier alpha value is -2.52. The van der Waals surface area contributed by atoms with Crippen LogP contribution in [0.25, 0.3) is 10.6 Å². The van der Waals surface area contributed by atoms with Crippen LogP contribution in [0, 0.1) is 13.8 Å². The minimum absolute atomic E-state index is 0.275. The molecule has 2 rings (SSSR count). The molecule has 0 radical (unpaired) electrons. The van der Waals surface area contributed by atoms with Crippen molar-refractivity contribution >= 4 is 28.5 Å². The number of carboxylic acid groups (broad SMARTS) is 1. The maximum Gasteiger partial charge on any atom is 0.337 e. The predicted octanol–water partition coefficient (Wildman–Crippen LogP) is 1.78. The molecule has 2 aromatic rings. The lowest BCUT2D eigenvalue weighted by Gasteiger charge is -2.17. The van der Waals surface area contributed by atoms with Crippen molar-refractivity contribution in [3.8, 4) is 10.6 Å². The van der Waals surface area contributed by atoms with Crippen LogP contribution in [0.15, 0.2) is 18.2 Å². The molecule has 4 N–H and O–H groups in total. The number of nitrogens with one attached hydrogen (secondary N) is 2. The Morgan fingerprint density at radius 1 is 1.21 bits per heavy atom. The topological polar surface area (TPSA) is 124 Å². The third kappa shape index (κ3) is 4.49. The van der Waals surface area contributed by atoms with E-state index >= 15 is 0 Å². The standard InChI is InChI=1S/C15H18N4O4S/c1-8-4-9(2)6-10(5-8)11-18-19-14(24-11)17-13(22)16-7-15(3,23)12(20)21/h4-6,23H,7H2,1-3H3,(H,20,21)(H2,16,17,19,22). The Bertz CT molecular complexity index is 752. The van der Waals surface area contributed by atoms with Gasteiger partial charge in [0.2, 0.25) is 5.13 Å². The zero-order valence-electron chi connectivity index (χ0n) is 13.5. The zero-order chi connectivity index (χ0) is 17.9. The van der Waals surface area contributed by atoms with E-state index in [2.05, 4.69) is 20.8 Å². The second-order valence-electron chi connectivity index (χ2n) is 5.68. The van der Waals surface area contributed by atoms with Gasteiger partial charge in [-0.2, -0.15) is 0 Å². The largest absolute Gasteiger partial charge is 0.479 e. The minimum atomic E-state index is -2.04. The molecule has 8 nitrogen and oxygen atoms in total. The fourth-order valence-corrected chi connectivity index (χ4v) is 2.68. The van der Waals surface area contributed by atoms with Crippen LogP contribution in [0.1, 0.15) is 18.1 Å². The van der Waals surface area contributed by atoms with E-state index in [1.54, 1.807) is 0 Å². The second kappa shape index (κ2) is 6.93. The average molecular weight is 350 g/mol. The SMILES string of the molecule is Cc1cc(C)cc(-c2nnc(NC(=O)NCC(C)(O)C(=O)O)s2)c1.